The van der Waals surface area contributed by atoms with E-state index in [1.807, 2.05) is 18.2 Å². The van der Waals surface area contributed by atoms with E-state index < -0.39 is 5.41 Å². The zero-order valence-corrected chi connectivity index (χ0v) is 14.8. The molecule has 1 aromatic carbocycles. The molecule has 0 heterocycles. The number of hydrogen-bond donors (Lipinski definition) is 0. The molecule has 2 unspecified atom stereocenters. The highest BCUT2D eigenvalue weighted by molar-refractivity contribution is 5.90. The number of methoxy groups -OCH3 is 1. The molecule has 0 spiro atoms. The van der Waals surface area contributed by atoms with Gasteiger partial charge in [0.25, 0.3) is 0 Å². The first-order valence-corrected chi connectivity index (χ1v) is 8.98. The van der Waals surface area contributed by atoms with E-state index in [0.29, 0.717) is 5.56 Å². The minimum Gasteiger partial charge on any atom is -0.468 e. The number of unbranched alkanes of at least 4 members (excludes halogenated alkanes) is 3. The highest BCUT2D eigenvalue weighted by atomic mass is 16.6. The van der Waals surface area contributed by atoms with Crippen molar-refractivity contribution in [3.63, 3.8) is 0 Å². The summed E-state index contributed by atoms with van der Waals surface area (Å²) < 4.78 is 10.8. The number of ether oxygens (including phenoxy) is 2. The number of benzene rings is 1. The lowest BCUT2D eigenvalue weighted by molar-refractivity contribution is -0.159. The SMILES string of the molecule is CCCCCCC1(C(=O)OC)CCCC1OC(=O)c1ccccc1. The third-order valence-electron chi connectivity index (χ3n) is 5.03. The van der Waals surface area contributed by atoms with E-state index in [2.05, 4.69) is 6.92 Å². The fourth-order valence-corrected chi connectivity index (χ4v) is 3.68. The zero-order valence-electron chi connectivity index (χ0n) is 14.8. The summed E-state index contributed by atoms with van der Waals surface area (Å²) in [4.78, 5) is 24.9. The average Bonchev–Trinajstić information content (AvgIpc) is 3.02. The van der Waals surface area contributed by atoms with Crippen LogP contribution in [0.1, 0.15) is 68.6 Å². The van der Waals surface area contributed by atoms with Gasteiger partial charge in [-0.1, -0.05) is 50.8 Å². The molecule has 0 amide bonds. The number of carbonyl (C=O) groups excluding carboxylic acids is 2. The van der Waals surface area contributed by atoms with Gasteiger partial charge in [0.2, 0.25) is 0 Å². The molecule has 1 aromatic rings. The smallest absolute Gasteiger partial charge is 0.338 e. The summed E-state index contributed by atoms with van der Waals surface area (Å²) in [6.07, 6.45) is 7.04. The lowest BCUT2D eigenvalue weighted by Gasteiger charge is -2.32. The summed E-state index contributed by atoms with van der Waals surface area (Å²) in [5.41, 5.74) is -0.151. The van der Waals surface area contributed by atoms with E-state index in [1.54, 1.807) is 12.1 Å². The molecule has 0 aliphatic heterocycles. The average molecular weight is 332 g/mol. The van der Waals surface area contributed by atoms with E-state index >= 15 is 0 Å². The second-order valence-corrected chi connectivity index (χ2v) is 6.61. The molecular weight excluding hydrogens is 304 g/mol. The topological polar surface area (TPSA) is 52.6 Å². The molecule has 4 heteroatoms. The second-order valence-electron chi connectivity index (χ2n) is 6.61. The van der Waals surface area contributed by atoms with Gasteiger partial charge in [-0.15, -0.1) is 0 Å². The van der Waals surface area contributed by atoms with Gasteiger partial charge in [-0.25, -0.2) is 4.79 Å². The van der Waals surface area contributed by atoms with Crippen LogP contribution in [0.15, 0.2) is 30.3 Å². The molecule has 4 nitrogen and oxygen atoms in total. The van der Waals surface area contributed by atoms with Gasteiger partial charge in [-0.05, 0) is 37.8 Å². The molecule has 1 aliphatic rings. The quantitative estimate of drug-likeness (QED) is 0.518. The van der Waals surface area contributed by atoms with E-state index in [0.717, 1.165) is 51.4 Å². The van der Waals surface area contributed by atoms with Crippen LogP contribution in [0.25, 0.3) is 0 Å². The van der Waals surface area contributed by atoms with E-state index in [4.69, 9.17) is 9.47 Å². The number of hydrogen-bond acceptors (Lipinski definition) is 4. The van der Waals surface area contributed by atoms with Crippen LogP contribution in [-0.4, -0.2) is 25.2 Å². The van der Waals surface area contributed by atoms with Gasteiger partial charge >= 0.3 is 11.9 Å². The van der Waals surface area contributed by atoms with Crippen molar-refractivity contribution in [1.29, 1.82) is 0 Å². The zero-order chi connectivity index (χ0) is 17.4. The maximum Gasteiger partial charge on any atom is 0.338 e. The van der Waals surface area contributed by atoms with Crippen LogP contribution >= 0.6 is 0 Å². The highest BCUT2D eigenvalue weighted by Crippen LogP contribution is 2.45. The van der Waals surface area contributed by atoms with Crippen molar-refractivity contribution in [3.8, 4) is 0 Å². The Morgan fingerprint density at radius 3 is 2.58 bits per heavy atom. The minimum atomic E-state index is -0.674. The van der Waals surface area contributed by atoms with Crippen molar-refractivity contribution >= 4 is 11.9 Å². The third-order valence-corrected chi connectivity index (χ3v) is 5.03. The predicted molar refractivity (Wildman–Crippen MR) is 92.7 cm³/mol. The van der Waals surface area contributed by atoms with Crippen LogP contribution in [-0.2, 0) is 14.3 Å². The molecule has 0 aromatic heterocycles. The fourth-order valence-electron chi connectivity index (χ4n) is 3.68. The summed E-state index contributed by atoms with van der Waals surface area (Å²) in [7, 11) is 1.42. The number of esters is 2. The number of rotatable bonds is 8. The minimum absolute atomic E-state index is 0.234. The molecule has 2 rings (SSSR count). The molecule has 0 bridgehead atoms. The Bertz CT molecular complexity index is 540. The van der Waals surface area contributed by atoms with Crippen molar-refractivity contribution in [1.82, 2.24) is 0 Å². The Morgan fingerprint density at radius 2 is 1.92 bits per heavy atom. The monoisotopic (exact) mass is 332 g/mol. The standard InChI is InChI=1S/C20H28O4/c1-3-4-5-9-14-20(19(22)23-2)15-10-13-17(20)24-18(21)16-11-7-6-8-12-16/h6-8,11-12,17H,3-5,9-10,13-15H2,1-2H3. The van der Waals surface area contributed by atoms with Gasteiger partial charge in [-0.3, -0.25) is 4.79 Å². The molecule has 1 aliphatic carbocycles. The fraction of sp³-hybridized carbons (Fsp3) is 0.600. The molecule has 2 atom stereocenters. The van der Waals surface area contributed by atoms with Crippen molar-refractivity contribution in [2.45, 2.75) is 64.4 Å². The van der Waals surface area contributed by atoms with Gasteiger partial charge in [-0.2, -0.15) is 0 Å². The van der Waals surface area contributed by atoms with Crippen LogP contribution in [0.3, 0.4) is 0 Å². The lowest BCUT2D eigenvalue weighted by Crippen LogP contribution is -2.42. The van der Waals surface area contributed by atoms with Gasteiger partial charge in [0.05, 0.1) is 12.7 Å². The molecule has 0 radical (unpaired) electrons. The summed E-state index contributed by atoms with van der Waals surface area (Å²) in [5, 5.41) is 0. The highest BCUT2D eigenvalue weighted by Gasteiger charge is 2.51. The predicted octanol–water partition coefficient (Wildman–Crippen LogP) is 4.53. The largest absolute Gasteiger partial charge is 0.468 e. The van der Waals surface area contributed by atoms with Crippen molar-refractivity contribution in [2.24, 2.45) is 5.41 Å². The van der Waals surface area contributed by atoms with Gasteiger partial charge in [0.1, 0.15) is 11.5 Å². The van der Waals surface area contributed by atoms with Crippen molar-refractivity contribution < 1.29 is 19.1 Å². The molecule has 132 valence electrons. The first-order valence-electron chi connectivity index (χ1n) is 8.98. The lowest BCUT2D eigenvalue weighted by atomic mass is 9.79. The summed E-state index contributed by atoms with van der Waals surface area (Å²) in [5.74, 6) is -0.591. The maximum absolute atomic E-state index is 12.5. The van der Waals surface area contributed by atoms with Crippen LogP contribution in [0, 0.1) is 5.41 Å². The third kappa shape index (κ3) is 4.16. The Balaban J connectivity index is 2.10. The first kappa shape index (κ1) is 18.5. The van der Waals surface area contributed by atoms with Crippen LogP contribution in [0.4, 0.5) is 0 Å². The van der Waals surface area contributed by atoms with Crippen LogP contribution in [0.5, 0.6) is 0 Å². The van der Waals surface area contributed by atoms with Crippen LogP contribution < -0.4 is 0 Å². The van der Waals surface area contributed by atoms with Crippen molar-refractivity contribution in [3.05, 3.63) is 35.9 Å². The van der Waals surface area contributed by atoms with Gasteiger partial charge in [0.15, 0.2) is 0 Å². The Morgan fingerprint density at radius 1 is 1.17 bits per heavy atom. The Hall–Kier alpha value is -1.84. The Labute approximate surface area is 144 Å². The first-order chi connectivity index (χ1) is 11.6. The van der Waals surface area contributed by atoms with Crippen molar-refractivity contribution in [2.75, 3.05) is 7.11 Å². The summed E-state index contributed by atoms with van der Waals surface area (Å²) in [6.45, 7) is 2.16. The van der Waals surface area contributed by atoms with E-state index in [1.165, 1.54) is 7.11 Å². The summed E-state index contributed by atoms with van der Waals surface area (Å²) in [6, 6.07) is 8.95. The number of carbonyl (C=O) groups is 2. The normalized spacial score (nSPS) is 23.0. The molecule has 0 N–H and O–H groups in total. The van der Waals surface area contributed by atoms with E-state index in [9.17, 15) is 9.59 Å². The van der Waals surface area contributed by atoms with Crippen LogP contribution in [0.2, 0.25) is 0 Å². The Kier molecular flexibility index (Phi) is 6.83. The molecule has 1 fully saturated rings. The molecule has 0 saturated heterocycles. The summed E-state index contributed by atoms with van der Waals surface area (Å²) >= 11 is 0. The molecule has 1 saturated carbocycles. The molecular formula is C20H28O4. The van der Waals surface area contributed by atoms with Gasteiger partial charge < -0.3 is 9.47 Å². The van der Waals surface area contributed by atoms with E-state index in [-0.39, 0.29) is 18.0 Å². The second kappa shape index (κ2) is 8.86. The van der Waals surface area contributed by atoms with Gasteiger partial charge in [0, 0.05) is 0 Å². The molecule has 24 heavy (non-hydrogen) atoms. The maximum atomic E-state index is 12.5.